The van der Waals surface area contributed by atoms with E-state index in [1.807, 2.05) is 7.11 Å². The summed E-state index contributed by atoms with van der Waals surface area (Å²) in [6, 6.07) is 0.944. The fourth-order valence-corrected chi connectivity index (χ4v) is 4.47. The Labute approximate surface area is 116 Å². The summed E-state index contributed by atoms with van der Waals surface area (Å²) in [5.41, 5.74) is 0. The Balaban J connectivity index is 1.58. The standard InChI is InChI=1S/C16H27NO2/c1-19-15-10-13-7-8-14(11-15)17(13)16(18)9-12-5-3-2-4-6-12/h12-15H,2-11H2,1H3. The largest absolute Gasteiger partial charge is 0.381 e. The molecule has 0 aromatic carbocycles. The van der Waals surface area contributed by atoms with Gasteiger partial charge in [0.2, 0.25) is 5.91 Å². The molecule has 0 N–H and O–H groups in total. The average Bonchev–Trinajstić information content (AvgIpc) is 2.71. The Kier molecular flexibility index (Phi) is 4.11. The molecule has 3 aliphatic rings. The lowest BCUT2D eigenvalue weighted by atomic mass is 9.86. The highest BCUT2D eigenvalue weighted by molar-refractivity contribution is 5.77. The Bertz CT molecular complexity index is 311. The Hall–Kier alpha value is -0.570. The van der Waals surface area contributed by atoms with Gasteiger partial charge in [-0.25, -0.2) is 0 Å². The van der Waals surface area contributed by atoms with Gasteiger partial charge >= 0.3 is 0 Å². The maximum absolute atomic E-state index is 12.6. The van der Waals surface area contributed by atoms with Crippen molar-refractivity contribution in [2.75, 3.05) is 7.11 Å². The van der Waals surface area contributed by atoms with E-state index in [1.165, 1.54) is 44.9 Å². The van der Waals surface area contributed by atoms with Crippen molar-refractivity contribution < 1.29 is 9.53 Å². The number of rotatable bonds is 3. The monoisotopic (exact) mass is 265 g/mol. The van der Waals surface area contributed by atoms with Gasteiger partial charge in [-0.3, -0.25) is 4.79 Å². The fraction of sp³-hybridized carbons (Fsp3) is 0.938. The van der Waals surface area contributed by atoms with Gasteiger partial charge in [0.15, 0.2) is 0 Å². The van der Waals surface area contributed by atoms with Gasteiger partial charge in [-0.05, 0) is 44.4 Å². The molecule has 1 saturated carbocycles. The smallest absolute Gasteiger partial charge is 0.223 e. The van der Waals surface area contributed by atoms with Crippen LogP contribution >= 0.6 is 0 Å². The van der Waals surface area contributed by atoms with Crippen molar-refractivity contribution in [2.45, 2.75) is 82.4 Å². The highest BCUT2D eigenvalue weighted by Crippen LogP contribution is 2.38. The van der Waals surface area contributed by atoms with Crippen LogP contribution in [0.15, 0.2) is 0 Å². The van der Waals surface area contributed by atoms with E-state index >= 15 is 0 Å². The quantitative estimate of drug-likeness (QED) is 0.784. The third kappa shape index (κ3) is 2.81. The van der Waals surface area contributed by atoms with E-state index in [1.54, 1.807) is 0 Å². The molecular formula is C16H27NO2. The summed E-state index contributed by atoms with van der Waals surface area (Å²) in [4.78, 5) is 14.8. The van der Waals surface area contributed by atoms with E-state index in [0.29, 0.717) is 30.0 Å². The van der Waals surface area contributed by atoms with Gasteiger partial charge in [0, 0.05) is 25.6 Å². The van der Waals surface area contributed by atoms with Crippen molar-refractivity contribution in [3.8, 4) is 0 Å². The molecule has 1 aliphatic carbocycles. The highest BCUT2D eigenvalue weighted by Gasteiger charge is 2.43. The molecule has 0 radical (unpaired) electrons. The lowest BCUT2D eigenvalue weighted by Crippen LogP contribution is -2.48. The van der Waals surface area contributed by atoms with E-state index < -0.39 is 0 Å². The molecule has 1 amide bonds. The Morgan fingerprint density at radius 1 is 1.05 bits per heavy atom. The topological polar surface area (TPSA) is 29.5 Å². The Morgan fingerprint density at radius 3 is 2.26 bits per heavy atom. The van der Waals surface area contributed by atoms with E-state index in [2.05, 4.69) is 4.90 Å². The summed E-state index contributed by atoms with van der Waals surface area (Å²) >= 11 is 0. The normalized spacial score (nSPS) is 35.6. The molecule has 2 atom stereocenters. The van der Waals surface area contributed by atoms with Crippen LogP contribution in [-0.2, 0) is 9.53 Å². The molecular weight excluding hydrogens is 238 g/mol. The zero-order chi connectivity index (χ0) is 13.2. The van der Waals surface area contributed by atoms with Gasteiger partial charge in [0.25, 0.3) is 0 Å². The minimum absolute atomic E-state index is 0.385. The lowest BCUT2D eigenvalue weighted by molar-refractivity contribution is -0.139. The van der Waals surface area contributed by atoms with Gasteiger partial charge in [-0.2, -0.15) is 0 Å². The predicted octanol–water partition coefficient (Wildman–Crippen LogP) is 3.13. The molecule has 2 aliphatic heterocycles. The number of hydrogen-bond acceptors (Lipinski definition) is 2. The van der Waals surface area contributed by atoms with Crippen LogP contribution in [0.1, 0.15) is 64.2 Å². The van der Waals surface area contributed by atoms with E-state index in [9.17, 15) is 4.79 Å². The molecule has 3 fully saturated rings. The first-order chi connectivity index (χ1) is 9.28. The summed E-state index contributed by atoms with van der Waals surface area (Å²) in [6.45, 7) is 0. The molecule has 19 heavy (non-hydrogen) atoms. The summed E-state index contributed by atoms with van der Waals surface area (Å²) in [5.74, 6) is 1.11. The van der Waals surface area contributed by atoms with Crippen LogP contribution in [-0.4, -0.2) is 36.1 Å². The second-order valence-electron chi connectivity index (χ2n) is 6.72. The molecule has 0 aromatic heterocycles. The molecule has 3 heteroatoms. The van der Waals surface area contributed by atoms with Crippen LogP contribution in [0.25, 0.3) is 0 Å². The van der Waals surface area contributed by atoms with Gasteiger partial charge in [0.1, 0.15) is 0 Å². The third-order valence-corrected chi connectivity index (χ3v) is 5.50. The number of piperidine rings is 1. The second kappa shape index (κ2) is 5.82. The van der Waals surface area contributed by atoms with Gasteiger partial charge < -0.3 is 9.64 Å². The van der Waals surface area contributed by atoms with Crippen molar-refractivity contribution in [1.82, 2.24) is 4.90 Å². The number of fused-ring (bicyclic) bond motifs is 2. The van der Waals surface area contributed by atoms with Crippen molar-refractivity contribution >= 4 is 5.91 Å². The van der Waals surface area contributed by atoms with Gasteiger partial charge in [0.05, 0.1) is 6.10 Å². The summed E-state index contributed by atoms with van der Waals surface area (Å²) in [5, 5.41) is 0. The van der Waals surface area contributed by atoms with Crippen LogP contribution in [0.2, 0.25) is 0 Å². The van der Waals surface area contributed by atoms with Crippen LogP contribution < -0.4 is 0 Å². The minimum atomic E-state index is 0.385. The number of carbonyl (C=O) groups is 1. The van der Waals surface area contributed by atoms with Crippen LogP contribution in [0.3, 0.4) is 0 Å². The molecule has 3 rings (SSSR count). The van der Waals surface area contributed by atoms with Gasteiger partial charge in [-0.1, -0.05) is 19.3 Å². The average molecular weight is 265 g/mol. The molecule has 0 spiro atoms. The number of amides is 1. The summed E-state index contributed by atoms with van der Waals surface area (Å²) in [6.07, 6.45) is 12.3. The maximum Gasteiger partial charge on any atom is 0.223 e. The van der Waals surface area contributed by atoms with Crippen molar-refractivity contribution in [3.05, 3.63) is 0 Å². The molecule has 108 valence electrons. The van der Waals surface area contributed by atoms with Crippen LogP contribution in [0.4, 0.5) is 0 Å². The fourth-order valence-electron chi connectivity index (χ4n) is 4.47. The van der Waals surface area contributed by atoms with Gasteiger partial charge in [-0.15, -0.1) is 0 Å². The van der Waals surface area contributed by atoms with Crippen molar-refractivity contribution in [2.24, 2.45) is 5.92 Å². The number of ether oxygens (including phenoxy) is 1. The van der Waals surface area contributed by atoms with E-state index in [0.717, 1.165) is 19.3 Å². The SMILES string of the molecule is COC1CC2CCC(C1)N2C(=O)CC1CCCCC1. The van der Waals surface area contributed by atoms with Crippen LogP contribution in [0, 0.1) is 5.92 Å². The third-order valence-electron chi connectivity index (χ3n) is 5.50. The Morgan fingerprint density at radius 2 is 1.68 bits per heavy atom. The number of hydrogen-bond donors (Lipinski definition) is 0. The summed E-state index contributed by atoms with van der Waals surface area (Å²) in [7, 11) is 1.81. The van der Waals surface area contributed by atoms with Crippen LogP contribution in [0.5, 0.6) is 0 Å². The molecule has 2 heterocycles. The highest BCUT2D eigenvalue weighted by atomic mass is 16.5. The number of nitrogens with zero attached hydrogens (tertiary/aromatic N) is 1. The molecule has 2 bridgehead atoms. The van der Waals surface area contributed by atoms with Crippen molar-refractivity contribution in [3.63, 3.8) is 0 Å². The first-order valence-electron chi connectivity index (χ1n) is 8.12. The minimum Gasteiger partial charge on any atom is -0.381 e. The van der Waals surface area contributed by atoms with E-state index in [-0.39, 0.29) is 0 Å². The van der Waals surface area contributed by atoms with Crippen molar-refractivity contribution in [1.29, 1.82) is 0 Å². The molecule has 2 saturated heterocycles. The summed E-state index contributed by atoms with van der Waals surface area (Å²) < 4.78 is 5.51. The molecule has 2 unspecified atom stereocenters. The first-order valence-corrected chi connectivity index (χ1v) is 8.12. The zero-order valence-corrected chi connectivity index (χ0v) is 12.1. The molecule has 0 aromatic rings. The second-order valence-corrected chi connectivity index (χ2v) is 6.72. The molecule has 3 nitrogen and oxygen atoms in total. The van der Waals surface area contributed by atoms with E-state index in [4.69, 9.17) is 4.74 Å². The number of methoxy groups -OCH3 is 1. The zero-order valence-electron chi connectivity index (χ0n) is 12.1. The predicted molar refractivity (Wildman–Crippen MR) is 74.9 cm³/mol. The lowest BCUT2D eigenvalue weighted by Gasteiger charge is -2.39. The number of carbonyl (C=O) groups excluding carboxylic acids is 1. The first kappa shape index (κ1) is 13.4. The maximum atomic E-state index is 12.6.